The van der Waals surface area contributed by atoms with Crippen molar-refractivity contribution in [3.8, 4) is 0 Å². The summed E-state index contributed by atoms with van der Waals surface area (Å²) >= 11 is 8.14. The standard InChI is InChI=1S/C11H16ClN3S/c1-7-8(2)14-11(10(12)13-7)15(3)9-4-5-16-6-9/h9H,4-6H2,1-3H3. The average Bonchev–Trinajstić information content (AvgIpc) is 2.75. The van der Waals surface area contributed by atoms with Crippen LogP contribution < -0.4 is 4.90 Å². The Labute approximate surface area is 106 Å². The van der Waals surface area contributed by atoms with Gasteiger partial charge < -0.3 is 4.90 Å². The molecule has 0 aromatic carbocycles. The smallest absolute Gasteiger partial charge is 0.171 e. The molecule has 1 unspecified atom stereocenters. The summed E-state index contributed by atoms with van der Waals surface area (Å²) in [6, 6.07) is 0.541. The molecule has 0 bridgehead atoms. The third-order valence-corrected chi connectivity index (χ3v) is 4.43. The number of halogens is 1. The van der Waals surface area contributed by atoms with Crippen LogP contribution in [0.2, 0.25) is 5.15 Å². The quantitative estimate of drug-likeness (QED) is 0.815. The van der Waals surface area contributed by atoms with Crippen LogP contribution in [0.15, 0.2) is 0 Å². The van der Waals surface area contributed by atoms with Crippen molar-refractivity contribution in [1.29, 1.82) is 0 Å². The maximum absolute atomic E-state index is 6.15. The minimum absolute atomic E-state index is 0.516. The van der Waals surface area contributed by atoms with Crippen molar-refractivity contribution in [2.75, 3.05) is 23.5 Å². The molecule has 1 aliphatic heterocycles. The van der Waals surface area contributed by atoms with Crippen LogP contribution in [0.25, 0.3) is 0 Å². The van der Waals surface area contributed by atoms with Crippen LogP contribution in [0.1, 0.15) is 17.8 Å². The lowest BCUT2D eigenvalue weighted by Crippen LogP contribution is -2.32. The molecule has 0 N–H and O–H groups in total. The molecule has 0 saturated carbocycles. The fraction of sp³-hybridized carbons (Fsp3) is 0.636. The summed E-state index contributed by atoms with van der Waals surface area (Å²) in [5.41, 5.74) is 1.86. The molecule has 2 heterocycles. The molecule has 1 aromatic rings. The summed E-state index contributed by atoms with van der Waals surface area (Å²) in [5.74, 6) is 3.20. The first kappa shape index (κ1) is 12.0. The van der Waals surface area contributed by atoms with Crippen LogP contribution in [0, 0.1) is 13.8 Å². The van der Waals surface area contributed by atoms with Gasteiger partial charge in [0.15, 0.2) is 11.0 Å². The Morgan fingerprint density at radius 3 is 2.62 bits per heavy atom. The summed E-state index contributed by atoms with van der Waals surface area (Å²) in [7, 11) is 2.06. The molecule has 88 valence electrons. The van der Waals surface area contributed by atoms with Gasteiger partial charge in [0.1, 0.15) is 0 Å². The molecular weight excluding hydrogens is 242 g/mol. The number of hydrogen-bond donors (Lipinski definition) is 0. The lowest BCUT2D eigenvalue weighted by molar-refractivity contribution is 0.688. The fourth-order valence-electron chi connectivity index (χ4n) is 1.79. The van der Waals surface area contributed by atoms with E-state index in [0.717, 1.165) is 23.0 Å². The first-order valence-electron chi connectivity index (χ1n) is 5.41. The minimum Gasteiger partial charge on any atom is -0.353 e. The van der Waals surface area contributed by atoms with E-state index in [9.17, 15) is 0 Å². The SMILES string of the molecule is Cc1nc(Cl)c(N(C)C2CCSC2)nc1C. The minimum atomic E-state index is 0.516. The second-order valence-electron chi connectivity index (χ2n) is 4.14. The van der Waals surface area contributed by atoms with Gasteiger partial charge in [-0.2, -0.15) is 11.8 Å². The van der Waals surface area contributed by atoms with Gasteiger partial charge in [0, 0.05) is 18.8 Å². The highest BCUT2D eigenvalue weighted by atomic mass is 35.5. The largest absolute Gasteiger partial charge is 0.353 e. The van der Waals surface area contributed by atoms with Gasteiger partial charge in [-0.25, -0.2) is 9.97 Å². The molecule has 1 aromatic heterocycles. The lowest BCUT2D eigenvalue weighted by Gasteiger charge is -2.25. The highest BCUT2D eigenvalue weighted by Crippen LogP contribution is 2.28. The second kappa shape index (κ2) is 4.80. The lowest BCUT2D eigenvalue weighted by atomic mass is 10.2. The number of rotatable bonds is 2. The van der Waals surface area contributed by atoms with E-state index in [4.69, 9.17) is 11.6 Å². The van der Waals surface area contributed by atoms with Gasteiger partial charge in [-0.3, -0.25) is 0 Å². The maximum atomic E-state index is 6.15. The van der Waals surface area contributed by atoms with E-state index in [1.807, 2.05) is 25.6 Å². The highest BCUT2D eigenvalue weighted by molar-refractivity contribution is 7.99. The van der Waals surface area contributed by atoms with Gasteiger partial charge in [0.2, 0.25) is 0 Å². The van der Waals surface area contributed by atoms with Crippen molar-refractivity contribution in [2.24, 2.45) is 0 Å². The second-order valence-corrected chi connectivity index (χ2v) is 5.65. The van der Waals surface area contributed by atoms with E-state index < -0.39 is 0 Å². The Hall–Kier alpha value is -0.480. The highest BCUT2D eigenvalue weighted by Gasteiger charge is 2.23. The van der Waals surface area contributed by atoms with Crippen LogP contribution in [0.4, 0.5) is 5.82 Å². The molecule has 0 spiro atoms. The van der Waals surface area contributed by atoms with Gasteiger partial charge in [0.05, 0.1) is 11.4 Å². The molecule has 0 radical (unpaired) electrons. The first-order chi connectivity index (χ1) is 7.59. The van der Waals surface area contributed by atoms with Crippen LogP contribution in [0.5, 0.6) is 0 Å². The predicted octanol–water partition coefficient (Wildman–Crippen LogP) is 2.69. The Morgan fingerprint density at radius 1 is 1.31 bits per heavy atom. The summed E-state index contributed by atoms with van der Waals surface area (Å²) < 4.78 is 0. The zero-order valence-corrected chi connectivity index (χ0v) is 11.4. The summed E-state index contributed by atoms with van der Waals surface area (Å²) in [6.45, 7) is 3.91. The third kappa shape index (κ3) is 2.28. The van der Waals surface area contributed by atoms with Crippen LogP contribution in [-0.4, -0.2) is 34.6 Å². The van der Waals surface area contributed by atoms with E-state index in [1.165, 1.54) is 12.2 Å². The van der Waals surface area contributed by atoms with Crippen LogP contribution in [0.3, 0.4) is 0 Å². The number of thioether (sulfide) groups is 1. The summed E-state index contributed by atoms with van der Waals surface area (Å²) in [5, 5.41) is 0.516. The van der Waals surface area contributed by atoms with Crippen molar-refractivity contribution < 1.29 is 0 Å². The molecule has 0 aliphatic carbocycles. The first-order valence-corrected chi connectivity index (χ1v) is 6.94. The molecule has 1 aliphatic rings. The molecule has 16 heavy (non-hydrogen) atoms. The van der Waals surface area contributed by atoms with E-state index in [2.05, 4.69) is 21.9 Å². The molecular formula is C11H16ClN3S. The predicted molar refractivity (Wildman–Crippen MR) is 70.6 cm³/mol. The molecule has 1 atom stereocenters. The molecule has 5 heteroatoms. The average molecular weight is 258 g/mol. The fourth-order valence-corrected chi connectivity index (χ4v) is 3.36. The van der Waals surface area contributed by atoms with Crippen LogP contribution in [-0.2, 0) is 0 Å². The Balaban J connectivity index is 2.28. The number of aromatic nitrogens is 2. The van der Waals surface area contributed by atoms with E-state index >= 15 is 0 Å². The van der Waals surface area contributed by atoms with Gasteiger partial charge in [0.25, 0.3) is 0 Å². The van der Waals surface area contributed by atoms with Gasteiger partial charge in [-0.1, -0.05) is 11.6 Å². The molecule has 3 nitrogen and oxygen atoms in total. The number of hydrogen-bond acceptors (Lipinski definition) is 4. The molecule has 2 rings (SSSR count). The van der Waals surface area contributed by atoms with Crippen LogP contribution >= 0.6 is 23.4 Å². The number of nitrogens with zero attached hydrogens (tertiary/aromatic N) is 3. The monoisotopic (exact) mass is 257 g/mol. The Morgan fingerprint density at radius 2 is 2.00 bits per heavy atom. The van der Waals surface area contributed by atoms with Gasteiger partial charge in [-0.15, -0.1) is 0 Å². The molecule has 1 saturated heterocycles. The van der Waals surface area contributed by atoms with E-state index in [1.54, 1.807) is 0 Å². The van der Waals surface area contributed by atoms with E-state index in [-0.39, 0.29) is 0 Å². The maximum Gasteiger partial charge on any atom is 0.171 e. The Bertz CT molecular complexity index is 391. The summed E-state index contributed by atoms with van der Waals surface area (Å²) in [6.07, 6.45) is 1.20. The zero-order valence-electron chi connectivity index (χ0n) is 9.83. The topological polar surface area (TPSA) is 29.0 Å². The summed E-state index contributed by atoms with van der Waals surface area (Å²) in [4.78, 5) is 11.0. The van der Waals surface area contributed by atoms with Gasteiger partial charge >= 0.3 is 0 Å². The zero-order chi connectivity index (χ0) is 11.7. The van der Waals surface area contributed by atoms with E-state index in [0.29, 0.717) is 11.2 Å². The number of anilines is 1. The van der Waals surface area contributed by atoms with Crippen molar-refractivity contribution in [1.82, 2.24) is 9.97 Å². The van der Waals surface area contributed by atoms with Crippen molar-refractivity contribution in [3.63, 3.8) is 0 Å². The van der Waals surface area contributed by atoms with Crippen molar-refractivity contribution in [2.45, 2.75) is 26.3 Å². The van der Waals surface area contributed by atoms with Crippen molar-refractivity contribution >= 4 is 29.2 Å². The third-order valence-electron chi connectivity index (χ3n) is 3.04. The Kier molecular flexibility index (Phi) is 3.60. The molecule has 0 amide bonds. The normalized spacial score (nSPS) is 20.1. The van der Waals surface area contributed by atoms with Crippen molar-refractivity contribution in [3.05, 3.63) is 16.5 Å². The molecule has 1 fully saturated rings. The number of aryl methyl sites for hydroxylation is 2. The van der Waals surface area contributed by atoms with Gasteiger partial charge in [-0.05, 0) is 26.0 Å².